The number of fused-ring (bicyclic) bond motifs is 1. The second-order valence-corrected chi connectivity index (χ2v) is 7.80. The zero-order valence-corrected chi connectivity index (χ0v) is 16.5. The number of benzene rings is 2. The zero-order chi connectivity index (χ0) is 19.3. The summed E-state index contributed by atoms with van der Waals surface area (Å²) in [7, 11) is 0. The molecule has 0 N–H and O–H groups in total. The second-order valence-electron chi connectivity index (χ2n) is 6.95. The van der Waals surface area contributed by atoms with Gasteiger partial charge < -0.3 is 4.90 Å². The van der Waals surface area contributed by atoms with Crippen LogP contribution in [0.2, 0.25) is 10.0 Å². The van der Waals surface area contributed by atoms with Gasteiger partial charge in [-0.3, -0.25) is 14.5 Å². The fourth-order valence-corrected chi connectivity index (χ4v) is 4.26. The quantitative estimate of drug-likeness (QED) is 0.709. The summed E-state index contributed by atoms with van der Waals surface area (Å²) in [6, 6.07) is 12.7. The number of amides is 2. The van der Waals surface area contributed by atoms with Crippen molar-refractivity contribution >= 4 is 46.3 Å². The Bertz CT molecular complexity index is 997. The molecule has 2 aromatic rings. The normalized spacial score (nSPS) is 16.8. The molecular weight excluding hydrogens is 383 g/mol. The van der Waals surface area contributed by atoms with Crippen molar-refractivity contribution in [1.29, 1.82) is 0 Å². The van der Waals surface area contributed by atoms with Crippen molar-refractivity contribution < 1.29 is 9.59 Å². The van der Waals surface area contributed by atoms with E-state index in [0.29, 0.717) is 33.4 Å². The van der Waals surface area contributed by atoms with Crippen molar-refractivity contribution in [3.05, 3.63) is 69.3 Å². The third-order valence-electron chi connectivity index (χ3n) is 4.96. The number of anilines is 1. The Balaban J connectivity index is 1.94. The van der Waals surface area contributed by atoms with Crippen LogP contribution in [-0.4, -0.2) is 29.3 Å². The summed E-state index contributed by atoms with van der Waals surface area (Å²) in [5.41, 5.74) is 3.38. The second kappa shape index (κ2) is 6.70. The molecule has 2 aromatic carbocycles. The van der Waals surface area contributed by atoms with Gasteiger partial charge in [0.1, 0.15) is 5.70 Å². The highest BCUT2D eigenvalue weighted by Crippen LogP contribution is 2.41. The number of para-hydroxylation sites is 1. The van der Waals surface area contributed by atoms with Crippen LogP contribution in [0.25, 0.3) is 5.57 Å². The van der Waals surface area contributed by atoms with E-state index in [1.165, 1.54) is 4.90 Å². The Labute approximate surface area is 168 Å². The molecule has 0 radical (unpaired) electrons. The maximum Gasteiger partial charge on any atom is 0.278 e. The maximum absolute atomic E-state index is 13.3. The molecule has 2 heterocycles. The fourth-order valence-electron chi connectivity index (χ4n) is 3.76. The molecule has 4 rings (SSSR count). The molecule has 0 unspecified atom stereocenters. The van der Waals surface area contributed by atoms with Gasteiger partial charge in [-0.15, -0.1) is 0 Å². The van der Waals surface area contributed by atoms with E-state index in [1.54, 1.807) is 18.2 Å². The average molecular weight is 401 g/mol. The summed E-state index contributed by atoms with van der Waals surface area (Å²) >= 11 is 12.4. The van der Waals surface area contributed by atoms with Crippen LogP contribution >= 0.6 is 23.2 Å². The van der Waals surface area contributed by atoms with Gasteiger partial charge in [0.05, 0.1) is 10.6 Å². The molecule has 0 fully saturated rings. The van der Waals surface area contributed by atoms with Crippen LogP contribution in [0.5, 0.6) is 0 Å². The third-order valence-corrected chi connectivity index (χ3v) is 5.51. The number of nitrogens with zero attached hydrogens (tertiary/aromatic N) is 2. The predicted octanol–water partition coefficient (Wildman–Crippen LogP) is 4.54. The highest BCUT2D eigenvalue weighted by Gasteiger charge is 2.44. The summed E-state index contributed by atoms with van der Waals surface area (Å²) in [6.07, 6.45) is 0.824. The van der Waals surface area contributed by atoms with E-state index in [1.807, 2.05) is 43.0 Å². The standard InChI is InChI=1S/C21H18Cl2N2O2/c1-12(2)25-20(26)18(15-8-7-14(22)11-16(15)23)19(21(25)27)24-10-9-13-5-3-4-6-17(13)24/h3-8,11-12H,9-10H2,1-2H3. The minimum Gasteiger partial charge on any atom is -0.336 e. The van der Waals surface area contributed by atoms with Gasteiger partial charge in [0.15, 0.2) is 0 Å². The molecule has 0 saturated carbocycles. The first-order valence-electron chi connectivity index (χ1n) is 8.83. The van der Waals surface area contributed by atoms with Gasteiger partial charge in [0, 0.05) is 28.9 Å². The highest BCUT2D eigenvalue weighted by atomic mass is 35.5. The number of carbonyl (C=O) groups excluding carboxylic acids is 2. The van der Waals surface area contributed by atoms with E-state index >= 15 is 0 Å². The molecule has 2 amide bonds. The fraction of sp³-hybridized carbons (Fsp3) is 0.238. The van der Waals surface area contributed by atoms with Gasteiger partial charge >= 0.3 is 0 Å². The predicted molar refractivity (Wildman–Crippen MR) is 108 cm³/mol. The molecule has 0 saturated heterocycles. The summed E-state index contributed by atoms with van der Waals surface area (Å²) in [6.45, 7) is 4.31. The van der Waals surface area contributed by atoms with Crippen LogP contribution in [-0.2, 0) is 16.0 Å². The minimum atomic E-state index is -0.321. The summed E-state index contributed by atoms with van der Waals surface area (Å²) in [5, 5.41) is 0.837. The van der Waals surface area contributed by atoms with Gasteiger partial charge in [0.2, 0.25) is 0 Å². The van der Waals surface area contributed by atoms with Crippen LogP contribution < -0.4 is 4.90 Å². The lowest BCUT2D eigenvalue weighted by Gasteiger charge is -2.23. The van der Waals surface area contributed by atoms with E-state index in [-0.39, 0.29) is 17.9 Å². The van der Waals surface area contributed by atoms with E-state index in [9.17, 15) is 9.59 Å². The first-order chi connectivity index (χ1) is 12.9. The van der Waals surface area contributed by atoms with E-state index in [4.69, 9.17) is 23.2 Å². The van der Waals surface area contributed by atoms with Crippen molar-refractivity contribution in [2.45, 2.75) is 26.3 Å². The number of hydrogen-bond donors (Lipinski definition) is 0. The molecule has 4 nitrogen and oxygen atoms in total. The van der Waals surface area contributed by atoms with Gasteiger partial charge in [-0.25, -0.2) is 0 Å². The number of rotatable bonds is 3. The molecule has 2 aliphatic heterocycles. The zero-order valence-electron chi connectivity index (χ0n) is 15.0. The molecule has 0 aromatic heterocycles. The smallest absolute Gasteiger partial charge is 0.278 e. The molecule has 0 atom stereocenters. The molecule has 27 heavy (non-hydrogen) atoms. The van der Waals surface area contributed by atoms with Crippen LogP contribution in [0, 0.1) is 0 Å². The highest BCUT2D eigenvalue weighted by molar-refractivity contribution is 6.41. The number of carbonyl (C=O) groups is 2. The molecule has 138 valence electrons. The van der Waals surface area contributed by atoms with Crippen molar-refractivity contribution in [1.82, 2.24) is 4.90 Å². The van der Waals surface area contributed by atoms with Gasteiger partial charge in [-0.05, 0) is 44.0 Å². The maximum atomic E-state index is 13.3. The largest absolute Gasteiger partial charge is 0.336 e. The van der Waals surface area contributed by atoms with E-state index in [0.717, 1.165) is 17.7 Å². The van der Waals surface area contributed by atoms with Crippen molar-refractivity contribution in [2.75, 3.05) is 11.4 Å². The van der Waals surface area contributed by atoms with Gasteiger partial charge in [-0.1, -0.05) is 47.5 Å². The summed E-state index contributed by atoms with van der Waals surface area (Å²) < 4.78 is 0. The molecule has 0 bridgehead atoms. The van der Waals surface area contributed by atoms with Gasteiger partial charge in [-0.2, -0.15) is 0 Å². The molecule has 0 aliphatic carbocycles. The lowest BCUT2D eigenvalue weighted by molar-refractivity contribution is -0.138. The average Bonchev–Trinajstić information content (AvgIpc) is 3.13. The monoisotopic (exact) mass is 400 g/mol. The number of imide groups is 1. The van der Waals surface area contributed by atoms with Crippen LogP contribution in [0.3, 0.4) is 0 Å². The number of hydrogen-bond acceptors (Lipinski definition) is 3. The minimum absolute atomic E-state index is 0.249. The number of halogens is 2. The van der Waals surface area contributed by atoms with Crippen LogP contribution in [0.4, 0.5) is 5.69 Å². The Morgan fingerprint density at radius 1 is 1.00 bits per heavy atom. The topological polar surface area (TPSA) is 40.6 Å². The molecule has 6 heteroatoms. The first-order valence-corrected chi connectivity index (χ1v) is 9.58. The SMILES string of the molecule is CC(C)N1C(=O)C(c2ccc(Cl)cc2Cl)=C(N2CCc3ccccc32)C1=O. The Kier molecular flexibility index (Phi) is 4.49. The van der Waals surface area contributed by atoms with Crippen LogP contribution in [0.1, 0.15) is 25.0 Å². The van der Waals surface area contributed by atoms with Gasteiger partial charge in [0.25, 0.3) is 11.8 Å². The van der Waals surface area contributed by atoms with Crippen molar-refractivity contribution in [3.63, 3.8) is 0 Å². The summed E-state index contributed by atoms with van der Waals surface area (Å²) in [5.74, 6) is -0.605. The van der Waals surface area contributed by atoms with Crippen molar-refractivity contribution in [2.24, 2.45) is 0 Å². The molecule has 2 aliphatic rings. The lowest BCUT2D eigenvalue weighted by atomic mass is 10.0. The Morgan fingerprint density at radius 2 is 1.74 bits per heavy atom. The Hall–Kier alpha value is -2.30. The van der Waals surface area contributed by atoms with Crippen molar-refractivity contribution in [3.8, 4) is 0 Å². The molecular formula is C21H18Cl2N2O2. The Morgan fingerprint density at radius 3 is 2.44 bits per heavy atom. The lowest BCUT2D eigenvalue weighted by Crippen LogP contribution is -2.39. The first kappa shape index (κ1) is 18.1. The molecule has 0 spiro atoms. The van der Waals surface area contributed by atoms with Crippen LogP contribution in [0.15, 0.2) is 48.2 Å². The van der Waals surface area contributed by atoms with E-state index < -0.39 is 0 Å². The van der Waals surface area contributed by atoms with E-state index in [2.05, 4.69) is 0 Å². The summed E-state index contributed by atoms with van der Waals surface area (Å²) in [4.78, 5) is 29.7. The third kappa shape index (κ3) is 2.84.